The number of hydrogen-bond acceptors (Lipinski definition) is 5. The molecule has 5 nitrogen and oxygen atoms in total. The van der Waals surface area contributed by atoms with E-state index in [4.69, 9.17) is 19.7 Å². The lowest BCUT2D eigenvalue weighted by molar-refractivity contribution is -0.0651. The molecule has 0 heterocycles. The topological polar surface area (TPSA) is 79.2 Å². The SMILES string of the molecule is CCCOCCO[C@@H](C)C(O)C[C@@H](O)CO. The third-order valence-electron chi connectivity index (χ3n) is 2.22. The van der Waals surface area contributed by atoms with Crippen LogP contribution < -0.4 is 0 Å². The number of aliphatic hydroxyl groups excluding tert-OH is 3. The van der Waals surface area contributed by atoms with Gasteiger partial charge in [0.2, 0.25) is 0 Å². The zero-order valence-electron chi connectivity index (χ0n) is 10.1. The second-order valence-corrected chi connectivity index (χ2v) is 3.83. The molecule has 3 N–H and O–H groups in total. The quantitative estimate of drug-likeness (QED) is 0.462. The van der Waals surface area contributed by atoms with E-state index in [1.54, 1.807) is 6.92 Å². The third kappa shape index (κ3) is 8.01. The summed E-state index contributed by atoms with van der Waals surface area (Å²) in [6.07, 6.45) is -0.939. The predicted molar refractivity (Wildman–Crippen MR) is 60.2 cm³/mol. The van der Waals surface area contributed by atoms with Crippen LogP contribution in [0.5, 0.6) is 0 Å². The third-order valence-corrected chi connectivity index (χ3v) is 2.22. The molecule has 3 atom stereocenters. The van der Waals surface area contributed by atoms with Gasteiger partial charge in [0.25, 0.3) is 0 Å². The Morgan fingerprint density at radius 1 is 1.12 bits per heavy atom. The largest absolute Gasteiger partial charge is 0.394 e. The van der Waals surface area contributed by atoms with Crippen LogP contribution in [0.1, 0.15) is 26.7 Å². The summed E-state index contributed by atoms with van der Waals surface area (Å²) in [5.74, 6) is 0. The highest BCUT2D eigenvalue weighted by Gasteiger charge is 2.18. The zero-order chi connectivity index (χ0) is 12.4. The van der Waals surface area contributed by atoms with Crippen molar-refractivity contribution in [3.8, 4) is 0 Å². The fourth-order valence-corrected chi connectivity index (χ4v) is 1.20. The lowest BCUT2D eigenvalue weighted by Crippen LogP contribution is -2.32. The minimum atomic E-state index is -0.891. The monoisotopic (exact) mass is 236 g/mol. The Morgan fingerprint density at radius 2 is 1.81 bits per heavy atom. The highest BCUT2D eigenvalue weighted by Crippen LogP contribution is 2.06. The molecular formula is C11H24O5. The normalized spacial score (nSPS) is 17.1. The summed E-state index contributed by atoms with van der Waals surface area (Å²) in [5, 5.41) is 27.3. The number of hydrogen-bond donors (Lipinski definition) is 3. The van der Waals surface area contributed by atoms with Gasteiger partial charge in [0.05, 0.1) is 38.1 Å². The van der Waals surface area contributed by atoms with Gasteiger partial charge in [-0.05, 0) is 13.3 Å². The van der Waals surface area contributed by atoms with E-state index in [0.717, 1.165) is 6.42 Å². The molecule has 5 heteroatoms. The summed E-state index contributed by atoms with van der Waals surface area (Å²) < 4.78 is 10.5. The molecule has 0 saturated heterocycles. The Balaban J connectivity index is 3.51. The number of rotatable bonds is 10. The highest BCUT2D eigenvalue weighted by atomic mass is 16.5. The van der Waals surface area contributed by atoms with Crippen molar-refractivity contribution in [2.45, 2.75) is 45.0 Å². The molecule has 0 spiro atoms. The highest BCUT2D eigenvalue weighted by molar-refractivity contribution is 4.68. The van der Waals surface area contributed by atoms with E-state index in [9.17, 15) is 5.11 Å². The van der Waals surface area contributed by atoms with Crippen molar-refractivity contribution in [2.24, 2.45) is 0 Å². The van der Waals surface area contributed by atoms with E-state index < -0.39 is 12.2 Å². The molecule has 0 aliphatic carbocycles. The van der Waals surface area contributed by atoms with Gasteiger partial charge in [-0.15, -0.1) is 0 Å². The molecule has 0 amide bonds. The molecule has 0 aromatic carbocycles. The molecule has 0 aliphatic heterocycles. The van der Waals surface area contributed by atoms with Gasteiger partial charge in [0.15, 0.2) is 0 Å². The average Bonchev–Trinajstić information content (AvgIpc) is 2.28. The van der Waals surface area contributed by atoms with Gasteiger partial charge in [-0.1, -0.05) is 6.92 Å². The Labute approximate surface area is 97.0 Å². The molecule has 0 bridgehead atoms. The summed E-state index contributed by atoms with van der Waals surface area (Å²) in [7, 11) is 0. The Kier molecular flexibility index (Phi) is 9.86. The molecule has 0 saturated carbocycles. The molecule has 1 unspecified atom stereocenters. The summed E-state index contributed by atoms with van der Waals surface area (Å²) in [4.78, 5) is 0. The van der Waals surface area contributed by atoms with Crippen LogP contribution in [0.4, 0.5) is 0 Å². The van der Waals surface area contributed by atoms with Gasteiger partial charge < -0.3 is 24.8 Å². The Bertz CT molecular complexity index is 153. The van der Waals surface area contributed by atoms with E-state index in [1.165, 1.54) is 0 Å². The van der Waals surface area contributed by atoms with Crippen LogP contribution in [-0.4, -0.2) is 60.1 Å². The molecule has 0 aliphatic rings. The molecule has 98 valence electrons. The fourth-order valence-electron chi connectivity index (χ4n) is 1.20. The summed E-state index contributed by atoms with van der Waals surface area (Å²) in [6, 6.07) is 0. The smallest absolute Gasteiger partial charge is 0.0824 e. The van der Waals surface area contributed by atoms with Crippen molar-refractivity contribution in [1.82, 2.24) is 0 Å². The van der Waals surface area contributed by atoms with Gasteiger partial charge >= 0.3 is 0 Å². The Hall–Kier alpha value is -0.200. The van der Waals surface area contributed by atoms with Gasteiger partial charge in [0, 0.05) is 13.0 Å². The molecule has 0 aromatic rings. The zero-order valence-corrected chi connectivity index (χ0v) is 10.1. The number of ether oxygens (including phenoxy) is 2. The van der Waals surface area contributed by atoms with E-state index in [1.807, 2.05) is 6.92 Å². The molecule has 0 aromatic heterocycles. The van der Waals surface area contributed by atoms with Crippen LogP contribution in [0.2, 0.25) is 0 Å². The van der Waals surface area contributed by atoms with Crippen LogP contribution in [0.15, 0.2) is 0 Å². The van der Waals surface area contributed by atoms with E-state index in [0.29, 0.717) is 19.8 Å². The van der Waals surface area contributed by atoms with Crippen molar-refractivity contribution in [3.05, 3.63) is 0 Å². The molecular weight excluding hydrogens is 212 g/mol. The molecule has 0 radical (unpaired) electrons. The lowest BCUT2D eigenvalue weighted by atomic mass is 10.1. The first-order valence-electron chi connectivity index (χ1n) is 5.78. The van der Waals surface area contributed by atoms with Crippen molar-refractivity contribution in [2.75, 3.05) is 26.4 Å². The van der Waals surface area contributed by atoms with Crippen LogP contribution in [-0.2, 0) is 9.47 Å². The summed E-state index contributed by atoms with van der Waals surface area (Å²) >= 11 is 0. The van der Waals surface area contributed by atoms with E-state index in [-0.39, 0.29) is 19.1 Å². The maximum atomic E-state index is 9.58. The average molecular weight is 236 g/mol. The molecule has 0 fully saturated rings. The fraction of sp³-hybridized carbons (Fsp3) is 1.00. The van der Waals surface area contributed by atoms with Crippen LogP contribution in [0, 0.1) is 0 Å². The van der Waals surface area contributed by atoms with Crippen molar-refractivity contribution >= 4 is 0 Å². The van der Waals surface area contributed by atoms with E-state index in [2.05, 4.69) is 0 Å². The first-order valence-corrected chi connectivity index (χ1v) is 5.78. The Morgan fingerprint density at radius 3 is 2.38 bits per heavy atom. The molecule has 16 heavy (non-hydrogen) atoms. The minimum absolute atomic E-state index is 0.119. The van der Waals surface area contributed by atoms with Gasteiger partial charge in [0.1, 0.15) is 0 Å². The van der Waals surface area contributed by atoms with Crippen molar-refractivity contribution in [1.29, 1.82) is 0 Å². The van der Waals surface area contributed by atoms with Crippen molar-refractivity contribution in [3.63, 3.8) is 0 Å². The summed E-state index contributed by atoms with van der Waals surface area (Å²) in [6.45, 7) is 5.06. The van der Waals surface area contributed by atoms with Crippen LogP contribution >= 0.6 is 0 Å². The van der Waals surface area contributed by atoms with E-state index >= 15 is 0 Å². The van der Waals surface area contributed by atoms with Crippen LogP contribution in [0.3, 0.4) is 0 Å². The summed E-state index contributed by atoms with van der Waals surface area (Å²) in [5.41, 5.74) is 0. The van der Waals surface area contributed by atoms with Gasteiger partial charge in [-0.2, -0.15) is 0 Å². The molecule has 0 rings (SSSR count). The maximum Gasteiger partial charge on any atom is 0.0824 e. The lowest BCUT2D eigenvalue weighted by Gasteiger charge is -2.21. The van der Waals surface area contributed by atoms with Crippen molar-refractivity contribution < 1.29 is 24.8 Å². The first kappa shape index (κ1) is 15.8. The predicted octanol–water partition coefficient (Wildman–Crippen LogP) is -0.0777. The van der Waals surface area contributed by atoms with Gasteiger partial charge in [-0.3, -0.25) is 0 Å². The number of aliphatic hydroxyl groups is 3. The first-order chi connectivity index (χ1) is 7.61. The van der Waals surface area contributed by atoms with Crippen LogP contribution in [0.25, 0.3) is 0 Å². The van der Waals surface area contributed by atoms with Gasteiger partial charge in [-0.25, -0.2) is 0 Å². The second-order valence-electron chi connectivity index (χ2n) is 3.83. The second kappa shape index (κ2) is 9.99. The minimum Gasteiger partial charge on any atom is -0.394 e. The maximum absolute atomic E-state index is 9.58. The standard InChI is InChI=1S/C11H24O5/c1-3-4-15-5-6-16-9(2)11(14)7-10(13)8-12/h9-14H,3-8H2,1-2H3/t9-,10+,11?/m0/s1.